The Morgan fingerprint density at radius 3 is 2.48 bits per heavy atom. The van der Waals surface area contributed by atoms with Gasteiger partial charge in [0.1, 0.15) is 9.09 Å². The lowest BCUT2D eigenvalue weighted by Crippen LogP contribution is -2.33. The van der Waals surface area contributed by atoms with Crippen LogP contribution in [0, 0.1) is 0 Å². The molecule has 5 nitrogen and oxygen atoms in total. The monoisotopic (exact) mass is 325 g/mol. The van der Waals surface area contributed by atoms with Crippen molar-refractivity contribution in [1.29, 1.82) is 0 Å². The van der Waals surface area contributed by atoms with Gasteiger partial charge in [-0.1, -0.05) is 30.3 Å². The van der Waals surface area contributed by atoms with Gasteiger partial charge in [-0.25, -0.2) is 17.9 Å². The zero-order valence-electron chi connectivity index (χ0n) is 11.3. The second kappa shape index (κ2) is 6.38. The number of aromatic carboxylic acids is 1. The standard InChI is InChI=1S/C14H15NO4S2/c1-10(9-11-5-3-2-4-6-11)15-21(18,19)13-8-7-12(20-13)14(16)17/h2-8,10,15H,9H2,1H3,(H,16,17). The zero-order chi connectivity index (χ0) is 15.5. The lowest BCUT2D eigenvalue weighted by atomic mass is 10.1. The number of rotatable bonds is 6. The van der Waals surface area contributed by atoms with Crippen LogP contribution in [0.3, 0.4) is 0 Å². The topological polar surface area (TPSA) is 83.5 Å². The van der Waals surface area contributed by atoms with E-state index in [0.29, 0.717) is 6.42 Å². The van der Waals surface area contributed by atoms with E-state index in [0.717, 1.165) is 16.9 Å². The molecule has 0 amide bonds. The van der Waals surface area contributed by atoms with Gasteiger partial charge in [0, 0.05) is 6.04 Å². The van der Waals surface area contributed by atoms with Gasteiger partial charge >= 0.3 is 5.97 Å². The average molecular weight is 325 g/mol. The molecule has 7 heteroatoms. The molecule has 21 heavy (non-hydrogen) atoms. The molecule has 0 bridgehead atoms. The van der Waals surface area contributed by atoms with Crippen molar-refractivity contribution in [3.8, 4) is 0 Å². The van der Waals surface area contributed by atoms with Crippen LogP contribution in [0.1, 0.15) is 22.2 Å². The van der Waals surface area contributed by atoms with Crippen LogP contribution in [0.15, 0.2) is 46.7 Å². The first-order chi connectivity index (χ1) is 9.88. The van der Waals surface area contributed by atoms with Crippen molar-refractivity contribution >= 4 is 27.3 Å². The van der Waals surface area contributed by atoms with Crippen LogP contribution in [-0.4, -0.2) is 25.5 Å². The van der Waals surface area contributed by atoms with Crippen LogP contribution in [0.5, 0.6) is 0 Å². The minimum absolute atomic E-state index is 0.00564. The molecule has 2 N–H and O–H groups in total. The van der Waals surface area contributed by atoms with Crippen LogP contribution in [0.25, 0.3) is 0 Å². The van der Waals surface area contributed by atoms with Crippen LogP contribution >= 0.6 is 11.3 Å². The summed E-state index contributed by atoms with van der Waals surface area (Å²) >= 11 is 0.746. The van der Waals surface area contributed by atoms with Gasteiger partial charge in [0.15, 0.2) is 0 Å². The smallest absolute Gasteiger partial charge is 0.345 e. The Morgan fingerprint density at radius 2 is 1.90 bits per heavy atom. The van der Waals surface area contributed by atoms with Crippen molar-refractivity contribution in [1.82, 2.24) is 4.72 Å². The number of hydrogen-bond donors (Lipinski definition) is 2. The van der Waals surface area contributed by atoms with Gasteiger partial charge in [-0.05, 0) is 31.0 Å². The van der Waals surface area contributed by atoms with Crippen molar-refractivity contribution in [3.63, 3.8) is 0 Å². The highest BCUT2D eigenvalue weighted by Crippen LogP contribution is 2.21. The van der Waals surface area contributed by atoms with E-state index in [-0.39, 0.29) is 15.1 Å². The lowest BCUT2D eigenvalue weighted by Gasteiger charge is -2.13. The van der Waals surface area contributed by atoms with Gasteiger partial charge < -0.3 is 5.11 Å². The Kier molecular flexibility index (Phi) is 4.76. The molecule has 2 rings (SSSR count). The molecule has 1 aromatic heterocycles. The number of carboxylic acid groups (broad SMARTS) is 1. The normalized spacial score (nSPS) is 13.0. The van der Waals surface area contributed by atoms with Gasteiger partial charge in [0.2, 0.25) is 10.0 Å². The zero-order valence-corrected chi connectivity index (χ0v) is 12.9. The van der Waals surface area contributed by atoms with Gasteiger partial charge in [-0.15, -0.1) is 11.3 Å². The summed E-state index contributed by atoms with van der Waals surface area (Å²) in [6, 6.07) is 11.9. The molecular formula is C14H15NO4S2. The fraction of sp³-hybridized carbons (Fsp3) is 0.214. The summed E-state index contributed by atoms with van der Waals surface area (Å²) in [5.74, 6) is -1.13. The molecule has 0 spiro atoms. The van der Waals surface area contributed by atoms with E-state index in [4.69, 9.17) is 5.11 Å². The highest BCUT2D eigenvalue weighted by molar-refractivity contribution is 7.91. The highest BCUT2D eigenvalue weighted by Gasteiger charge is 2.21. The van der Waals surface area contributed by atoms with E-state index >= 15 is 0 Å². The Balaban J connectivity index is 2.07. The number of carbonyl (C=O) groups is 1. The first-order valence-corrected chi connectivity index (χ1v) is 8.58. The molecule has 0 saturated heterocycles. The van der Waals surface area contributed by atoms with E-state index in [1.165, 1.54) is 12.1 Å². The number of sulfonamides is 1. The molecule has 112 valence electrons. The summed E-state index contributed by atoms with van der Waals surface area (Å²) in [5.41, 5.74) is 1.03. The summed E-state index contributed by atoms with van der Waals surface area (Å²) in [5, 5.41) is 8.84. The van der Waals surface area contributed by atoms with E-state index in [1.54, 1.807) is 6.92 Å². The van der Waals surface area contributed by atoms with E-state index in [9.17, 15) is 13.2 Å². The average Bonchev–Trinajstić information content (AvgIpc) is 2.89. The Morgan fingerprint density at radius 1 is 1.24 bits per heavy atom. The summed E-state index contributed by atoms with van der Waals surface area (Å²) in [4.78, 5) is 10.8. The third-order valence-corrected chi connectivity index (χ3v) is 5.95. The van der Waals surface area contributed by atoms with Crippen molar-refractivity contribution in [2.45, 2.75) is 23.6 Å². The van der Waals surface area contributed by atoms with Gasteiger partial charge in [0.25, 0.3) is 0 Å². The van der Waals surface area contributed by atoms with E-state index in [1.807, 2.05) is 30.3 Å². The van der Waals surface area contributed by atoms with Crippen molar-refractivity contribution in [2.24, 2.45) is 0 Å². The maximum Gasteiger partial charge on any atom is 0.345 e. The molecule has 0 saturated carbocycles. The molecule has 1 heterocycles. The molecule has 0 fully saturated rings. The molecule has 0 aliphatic carbocycles. The van der Waals surface area contributed by atoms with Crippen molar-refractivity contribution in [3.05, 3.63) is 52.9 Å². The summed E-state index contributed by atoms with van der Waals surface area (Å²) in [6.07, 6.45) is 0.567. The summed E-state index contributed by atoms with van der Waals surface area (Å²) in [7, 11) is -3.69. The third-order valence-electron chi connectivity index (χ3n) is 2.80. The van der Waals surface area contributed by atoms with Crippen molar-refractivity contribution < 1.29 is 18.3 Å². The number of benzene rings is 1. The fourth-order valence-electron chi connectivity index (χ4n) is 1.91. The van der Waals surface area contributed by atoms with Gasteiger partial charge in [-0.2, -0.15) is 0 Å². The molecule has 0 aliphatic rings. The first-order valence-electron chi connectivity index (χ1n) is 6.28. The number of thiophene rings is 1. The predicted molar refractivity (Wildman–Crippen MR) is 81.2 cm³/mol. The molecule has 1 unspecified atom stereocenters. The molecule has 1 atom stereocenters. The minimum Gasteiger partial charge on any atom is -0.477 e. The Bertz CT molecular complexity index is 722. The summed E-state index contributed by atoms with van der Waals surface area (Å²) < 4.78 is 26.9. The largest absolute Gasteiger partial charge is 0.477 e. The molecule has 1 aromatic carbocycles. The van der Waals surface area contributed by atoms with Gasteiger partial charge in [-0.3, -0.25) is 0 Å². The second-order valence-corrected chi connectivity index (χ2v) is 7.66. The number of nitrogens with one attached hydrogen (secondary N) is 1. The maximum atomic E-state index is 12.2. The quantitative estimate of drug-likeness (QED) is 0.854. The van der Waals surface area contributed by atoms with Crippen LogP contribution in [0.4, 0.5) is 0 Å². The number of hydrogen-bond acceptors (Lipinski definition) is 4. The lowest BCUT2D eigenvalue weighted by molar-refractivity contribution is 0.0702. The van der Waals surface area contributed by atoms with E-state index < -0.39 is 16.0 Å². The highest BCUT2D eigenvalue weighted by atomic mass is 32.2. The fourth-order valence-corrected chi connectivity index (χ4v) is 4.32. The second-order valence-electron chi connectivity index (χ2n) is 4.64. The van der Waals surface area contributed by atoms with Crippen LogP contribution < -0.4 is 4.72 Å². The first kappa shape index (κ1) is 15.7. The van der Waals surface area contributed by atoms with E-state index in [2.05, 4.69) is 4.72 Å². The minimum atomic E-state index is -3.69. The number of carboxylic acids is 1. The Labute approximate surface area is 127 Å². The van der Waals surface area contributed by atoms with Crippen LogP contribution in [0.2, 0.25) is 0 Å². The molecule has 2 aromatic rings. The SMILES string of the molecule is CC(Cc1ccccc1)NS(=O)(=O)c1ccc(C(=O)O)s1. The molecular weight excluding hydrogens is 310 g/mol. The van der Waals surface area contributed by atoms with Crippen LogP contribution in [-0.2, 0) is 16.4 Å². The van der Waals surface area contributed by atoms with Gasteiger partial charge in [0.05, 0.1) is 0 Å². The molecule has 0 aliphatic heterocycles. The van der Waals surface area contributed by atoms with Crippen molar-refractivity contribution in [2.75, 3.05) is 0 Å². The third kappa shape index (κ3) is 4.13. The molecule has 0 radical (unpaired) electrons. The predicted octanol–water partition coefficient (Wildman–Crippen LogP) is 2.36. The maximum absolute atomic E-state index is 12.2. The Hall–Kier alpha value is -1.70. The summed E-state index contributed by atoms with van der Waals surface area (Å²) in [6.45, 7) is 1.77.